The third kappa shape index (κ3) is 3.90. The van der Waals surface area contributed by atoms with Crippen molar-refractivity contribution >= 4 is 5.57 Å². The molecule has 6 heteroatoms. The van der Waals surface area contributed by atoms with E-state index >= 15 is 0 Å². The molecule has 0 radical (unpaired) electrons. The van der Waals surface area contributed by atoms with E-state index in [2.05, 4.69) is 0 Å². The smallest absolute Gasteiger partial charge is 0.450 e. The lowest BCUT2D eigenvalue weighted by Crippen LogP contribution is -2.19. The second-order valence-corrected chi connectivity index (χ2v) is 4.42. The fourth-order valence-corrected chi connectivity index (χ4v) is 1.82. The summed E-state index contributed by atoms with van der Waals surface area (Å²) in [5.41, 5.74) is -0.211. The fraction of sp³-hybridized carbons (Fsp3) is 0.0588. The molecule has 0 saturated carbocycles. The average molecular weight is 314 g/mol. The third-order valence-electron chi connectivity index (χ3n) is 2.86. The Balaban J connectivity index is 2.50. The molecule has 0 aliphatic heterocycles. The van der Waals surface area contributed by atoms with Crippen LogP contribution in [-0.2, 0) is 0 Å². The number of benzene rings is 2. The van der Waals surface area contributed by atoms with Crippen LogP contribution in [0.2, 0.25) is 0 Å². The van der Waals surface area contributed by atoms with E-state index in [1.54, 1.807) is 12.1 Å². The van der Waals surface area contributed by atoms with E-state index in [0.29, 0.717) is 5.56 Å². The standard InChI is InChI=1S/C17H9F3N2O/c18-17(19,20)16(15(11-22)13-4-2-1-3-5-13)23-14-8-6-12(10-21)7-9-14/h1-9H. The van der Waals surface area contributed by atoms with Gasteiger partial charge < -0.3 is 4.74 Å². The normalized spacial score (nSPS) is 11.9. The lowest BCUT2D eigenvalue weighted by molar-refractivity contribution is -0.115. The maximum atomic E-state index is 13.3. The minimum atomic E-state index is -4.84. The van der Waals surface area contributed by atoms with E-state index in [0.717, 1.165) is 0 Å². The summed E-state index contributed by atoms with van der Waals surface area (Å²) in [6.45, 7) is 0. The van der Waals surface area contributed by atoms with E-state index in [1.165, 1.54) is 48.5 Å². The Labute approximate surface area is 130 Å². The van der Waals surface area contributed by atoms with Crippen LogP contribution >= 0.6 is 0 Å². The first-order valence-corrected chi connectivity index (χ1v) is 6.40. The van der Waals surface area contributed by atoms with Crippen LogP contribution in [0.3, 0.4) is 0 Å². The molecule has 0 heterocycles. The molecule has 0 N–H and O–H groups in total. The van der Waals surface area contributed by atoms with Crippen LogP contribution in [0.5, 0.6) is 5.75 Å². The molecule has 2 aromatic rings. The van der Waals surface area contributed by atoms with Gasteiger partial charge in [0.05, 0.1) is 11.6 Å². The lowest BCUT2D eigenvalue weighted by Gasteiger charge is -2.15. The Morgan fingerprint density at radius 3 is 2.00 bits per heavy atom. The number of ether oxygens (including phenoxy) is 1. The second kappa shape index (κ2) is 6.67. The first kappa shape index (κ1) is 16.1. The molecule has 0 spiro atoms. The van der Waals surface area contributed by atoms with Crippen LogP contribution in [0.25, 0.3) is 5.57 Å². The molecule has 0 amide bonds. The molecule has 23 heavy (non-hydrogen) atoms. The number of halogens is 3. The number of nitriles is 2. The Morgan fingerprint density at radius 1 is 0.913 bits per heavy atom. The van der Waals surface area contributed by atoms with Crippen LogP contribution in [0.1, 0.15) is 11.1 Å². The summed E-state index contributed by atoms with van der Waals surface area (Å²) in [5, 5.41) is 17.8. The van der Waals surface area contributed by atoms with Gasteiger partial charge in [0, 0.05) is 0 Å². The van der Waals surface area contributed by atoms with Gasteiger partial charge in [0.1, 0.15) is 17.4 Å². The molecule has 0 aliphatic rings. The van der Waals surface area contributed by atoms with Crippen molar-refractivity contribution in [2.75, 3.05) is 0 Å². The Kier molecular flexibility index (Phi) is 4.68. The number of alkyl halides is 3. The van der Waals surface area contributed by atoms with Gasteiger partial charge >= 0.3 is 6.18 Å². The van der Waals surface area contributed by atoms with Crippen LogP contribution < -0.4 is 4.74 Å². The molecule has 0 aromatic heterocycles. The SMILES string of the molecule is N#CC(=C(Oc1ccc(C#N)cc1)C(F)(F)F)c1ccccc1. The molecule has 0 atom stereocenters. The maximum Gasteiger partial charge on any atom is 0.450 e. The second-order valence-electron chi connectivity index (χ2n) is 4.42. The summed E-state index contributed by atoms with van der Waals surface area (Å²) >= 11 is 0. The van der Waals surface area contributed by atoms with Gasteiger partial charge in [-0.2, -0.15) is 23.7 Å². The van der Waals surface area contributed by atoms with Crippen molar-refractivity contribution in [3.05, 3.63) is 71.5 Å². The first-order chi connectivity index (χ1) is 11.0. The zero-order valence-corrected chi connectivity index (χ0v) is 11.6. The van der Waals surface area contributed by atoms with Gasteiger partial charge in [-0.1, -0.05) is 30.3 Å². The summed E-state index contributed by atoms with van der Waals surface area (Å²) in [6, 6.07) is 16.0. The number of hydrogen-bond donors (Lipinski definition) is 0. The highest BCUT2D eigenvalue weighted by atomic mass is 19.4. The molecule has 114 valence electrons. The molecular weight excluding hydrogens is 305 g/mol. The van der Waals surface area contributed by atoms with Crippen molar-refractivity contribution in [2.24, 2.45) is 0 Å². The van der Waals surface area contributed by atoms with Crippen LogP contribution in [0.15, 0.2) is 60.4 Å². The number of rotatable bonds is 3. The van der Waals surface area contributed by atoms with Crippen molar-refractivity contribution in [3.8, 4) is 17.9 Å². The minimum Gasteiger partial charge on any atom is -0.451 e. The third-order valence-corrected chi connectivity index (χ3v) is 2.86. The largest absolute Gasteiger partial charge is 0.451 e. The number of hydrogen-bond acceptors (Lipinski definition) is 3. The van der Waals surface area contributed by atoms with Gasteiger partial charge in [-0.05, 0) is 29.8 Å². The molecular formula is C17H9F3N2O. The fourth-order valence-electron chi connectivity index (χ4n) is 1.82. The molecule has 3 nitrogen and oxygen atoms in total. The van der Waals surface area contributed by atoms with Crippen LogP contribution in [0, 0.1) is 22.7 Å². The predicted molar refractivity (Wildman–Crippen MR) is 76.8 cm³/mol. The van der Waals surface area contributed by atoms with Crippen LogP contribution in [-0.4, -0.2) is 6.18 Å². The van der Waals surface area contributed by atoms with Gasteiger partial charge in [0.15, 0.2) is 0 Å². The Bertz CT molecular complexity index is 795. The maximum absolute atomic E-state index is 13.3. The number of allylic oxidation sites excluding steroid dienone is 2. The van der Waals surface area contributed by atoms with Crippen molar-refractivity contribution in [1.29, 1.82) is 10.5 Å². The van der Waals surface area contributed by atoms with Gasteiger partial charge in [0.2, 0.25) is 5.76 Å². The van der Waals surface area contributed by atoms with Crippen LogP contribution in [0.4, 0.5) is 13.2 Å². The van der Waals surface area contributed by atoms with E-state index in [4.69, 9.17) is 15.3 Å². The summed E-state index contributed by atoms with van der Waals surface area (Å²) in [5.74, 6) is -1.50. The molecule has 0 aliphatic carbocycles. The zero-order chi connectivity index (χ0) is 16.9. The molecule has 2 rings (SSSR count). The van der Waals surface area contributed by atoms with E-state index in [-0.39, 0.29) is 11.3 Å². The lowest BCUT2D eigenvalue weighted by atomic mass is 10.1. The zero-order valence-electron chi connectivity index (χ0n) is 11.6. The predicted octanol–water partition coefficient (Wildman–Crippen LogP) is 4.43. The highest BCUT2D eigenvalue weighted by Gasteiger charge is 2.40. The highest BCUT2D eigenvalue weighted by Crippen LogP contribution is 2.34. The monoisotopic (exact) mass is 314 g/mol. The molecule has 0 bridgehead atoms. The van der Waals surface area contributed by atoms with Crippen molar-refractivity contribution in [3.63, 3.8) is 0 Å². The topological polar surface area (TPSA) is 56.8 Å². The molecule has 0 unspecified atom stereocenters. The molecule has 0 saturated heterocycles. The van der Waals surface area contributed by atoms with Gasteiger partial charge in [0.25, 0.3) is 0 Å². The Hall–Kier alpha value is -3.25. The number of nitrogens with zero attached hydrogens (tertiary/aromatic N) is 2. The van der Waals surface area contributed by atoms with E-state index in [1.807, 2.05) is 6.07 Å². The summed E-state index contributed by atoms with van der Waals surface area (Å²) in [6.07, 6.45) is -4.84. The van der Waals surface area contributed by atoms with Gasteiger partial charge in [-0.3, -0.25) is 0 Å². The average Bonchev–Trinajstić information content (AvgIpc) is 2.55. The first-order valence-electron chi connectivity index (χ1n) is 6.40. The minimum absolute atomic E-state index is 0.107. The summed E-state index contributed by atoms with van der Waals surface area (Å²) in [4.78, 5) is 0. The van der Waals surface area contributed by atoms with E-state index in [9.17, 15) is 13.2 Å². The van der Waals surface area contributed by atoms with Crippen molar-refractivity contribution in [1.82, 2.24) is 0 Å². The summed E-state index contributed by atoms with van der Waals surface area (Å²) < 4.78 is 44.8. The van der Waals surface area contributed by atoms with E-state index < -0.39 is 17.5 Å². The quantitative estimate of drug-likeness (QED) is 0.622. The van der Waals surface area contributed by atoms with Gasteiger partial charge in [-0.25, -0.2) is 0 Å². The van der Waals surface area contributed by atoms with Crippen molar-refractivity contribution in [2.45, 2.75) is 6.18 Å². The molecule has 2 aromatic carbocycles. The summed E-state index contributed by atoms with van der Waals surface area (Å²) in [7, 11) is 0. The molecule has 0 fully saturated rings. The Morgan fingerprint density at radius 2 is 1.52 bits per heavy atom. The highest BCUT2D eigenvalue weighted by molar-refractivity contribution is 5.79. The van der Waals surface area contributed by atoms with Crippen molar-refractivity contribution < 1.29 is 17.9 Å². The van der Waals surface area contributed by atoms with Gasteiger partial charge in [-0.15, -0.1) is 0 Å².